The first-order valence-corrected chi connectivity index (χ1v) is 9.70. The molecule has 3 aromatic rings. The molecule has 1 aliphatic heterocycles. The number of nitrogens with zero attached hydrogens (tertiary/aromatic N) is 3. The fourth-order valence-corrected chi connectivity index (χ4v) is 5.49. The summed E-state index contributed by atoms with van der Waals surface area (Å²) in [6, 6.07) is 0. The molecule has 6 nitrogen and oxygen atoms in total. The lowest BCUT2D eigenvalue weighted by atomic mass is 9.98. The normalized spacial score (nSPS) is 23.6. The van der Waals surface area contributed by atoms with Crippen LogP contribution in [-0.4, -0.2) is 38.7 Å². The average Bonchev–Trinajstić information content (AvgIpc) is 3.25. The van der Waals surface area contributed by atoms with E-state index < -0.39 is 0 Å². The molecule has 1 fully saturated rings. The van der Waals surface area contributed by atoms with Crippen LogP contribution in [0.1, 0.15) is 43.3 Å². The molecule has 7 heteroatoms. The lowest BCUT2D eigenvalue weighted by Crippen LogP contribution is -2.38. The molecule has 0 saturated carbocycles. The fraction of sp³-hybridized carbons (Fsp3) is 0.500. The monoisotopic (exact) mass is 355 g/mol. The number of rotatable bonds is 1. The van der Waals surface area contributed by atoms with Crippen molar-refractivity contribution in [3.05, 3.63) is 33.6 Å². The highest BCUT2D eigenvalue weighted by Gasteiger charge is 2.38. The highest BCUT2D eigenvalue weighted by molar-refractivity contribution is 7.22. The summed E-state index contributed by atoms with van der Waals surface area (Å²) in [4.78, 5) is 24.4. The summed E-state index contributed by atoms with van der Waals surface area (Å²) in [5.41, 5.74) is 4.16. The molecule has 1 aliphatic carbocycles. The van der Waals surface area contributed by atoms with Crippen molar-refractivity contribution in [1.29, 1.82) is 0 Å². The number of H-pyrrole nitrogens is 2. The fourth-order valence-electron chi connectivity index (χ4n) is 4.27. The Labute approximate surface area is 149 Å². The summed E-state index contributed by atoms with van der Waals surface area (Å²) < 4.78 is 0.743. The van der Waals surface area contributed by atoms with Crippen LogP contribution in [0.3, 0.4) is 0 Å². The van der Waals surface area contributed by atoms with Gasteiger partial charge in [0.05, 0.1) is 16.7 Å². The van der Waals surface area contributed by atoms with Gasteiger partial charge in [-0.15, -0.1) is 11.3 Å². The van der Waals surface area contributed by atoms with Gasteiger partial charge in [0.1, 0.15) is 10.5 Å². The van der Waals surface area contributed by atoms with E-state index in [2.05, 4.69) is 34.1 Å². The van der Waals surface area contributed by atoms with Crippen molar-refractivity contribution in [2.24, 2.45) is 0 Å². The topological polar surface area (TPSA) is 77.7 Å². The van der Waals surface area contributed by atoms with E-state index in [-0.39, 0.29) is 11.1 Å². The minimum absolute atomic E-state index is 0.00959. The van der Waals surface area contributed by atoms with Gasteiger partial charge in [-0.3, -0.25) is 14.8 Å². The highest BCUT2D eigenvalue weighted by Crippen LogP contribution is 2.42. The highest BCUT2D eigenvalue weighted by atomic mass is 32.1. The summed E-state index contributed by atoms with van der Waals surface area (Å²) in [5.74, 6) is 0.808. The second-order valence-corrected chi connectivity index (χ2v) is 8.42. The van der Waals surface area contributed by atoms with E-state index in [0.717, 1.165) is 70.8 Å². The zero-order chi connectivity index (χ0) is 17.2. The maximum absolute atomic E-state index is 12.8. The van der Waals surface area contributed by atoms with Crippen LogP contribution in [0.2, 0.25) is 0 Å². The van der Waals surface area contributed by atoms with Gasteiger partial charge < -0.3 is 4.98 Å². The van der Waals surface area contributed by atoms with E-state index in [1.54, 1.807) is 11.3 Å². The van der Waals surface area contributed by atoms with Crippen LogP contribution in [0.5, 0.6) is 0 Å². The molecule has 3 aromatic heterocycles. The molecule has 1 saturated heterocycles. The number of aryl methyl sites for hydroxylation is 2. The van der Waals surface area contributed by atoms with Gasteiger partial charge >= 0.3 is 0 Å². The number of fused-ring (bicyclic) bond motifs is 5. The lowest BCUT2D eigenvalue weighted by molar-refractivity contribution is 0.185. The third-order valence-electron chi connectivity index (χ3n) is 5.95. The van der Waals surface area contributed by atoms with Crippen molar-refractivity contribution < 1.29 is 0 Å². The molecule has 0 bridgehead atoms. The SMILES string of the molecule is CN1CCC[C@]1(C)c1nc2c3c(sc2c(=O)[nH]1)-c1c[nH]nc1CCC3. The predicted octanol–water partition coefficient (Wildman–Crippen LogP) is 2.80. The number of nitrogens with one attached hydrogen (secondary N) is 2. The Morgan fingerprint density at radius 1 is 1.32 bits per heavy atom. The quantitative estimate of drug-likeness (QED) is 0.704. The Morgan fingerprint density at radius 3 is 3.00 bits per heavy atom. The van der Waals surface area contributed by atoms with Gasteiger partial charge in [-0.1, -0.05) is 0 Å². The minimum Gasteiger partial charge on any atom is -0.308 e. The number of likely N-dealkylation sites (tertiary alicyclic amines) is 1. The third-order valence-corrected chi connectivity index (χ3v) is 7.21. The van der Waals surface area contributed by atoms with Gasteiger partial charge in [0, 0.05) is 16.6 Å². The molecule has 4 heterocycles. The van der Waals surface area contributed by atoms with Gasteiger partial charge in [0.2, 0.25) is 0 Å². The molecule has 1 atom stereocenters. The van der Waals surface area contributed by atoms with Crippen molar-refractivity contribution in [3.63, 3.8) is 0 Å². The van der Waals surface area contributed by atoms with E-state index >= 15 is 0 Å². The molecule has 0 radical (unpaired) electrons. The van der Waals surface area contributed by atoms with Crippen molar-refractivity contribution in [2.75, 3.05) is 13.6 Å². The van der Waals surface area contributed by atoms with Gasteiger partial charge in [-0.2, -0.15) is 5.10 Å². The maximum atomic E-state index is 12.8. The smallest absolute Gasteiger partial charge is 0.268 e. The summed E-state index contributed by atoms with van der Waals surface area (Å²) in [5, 5.41) is 7.36. The van der Waals surface area contributed by atoms with E-state index in [1.807, 2.05) is 6.20 Å². The molecule has 130 valence electrons. The zero-order valence-electron chi connectivity index (χ0n) is 14.5. The summed E-state index contributed by atoms with van der Waals surface area (Å²) in [6.07, 6.45) is 7.07. The van der Waals surface area contributed by atoms with Crippen LogP contribution in [0, 0.1) is 0 Å². The summed E-state index contributed by atoms with van der Waals surface area (Å²) in [6.45, 7) is 3.22. The Morgan fingerprint density at radius 2 is 2.20 bits per heavy atom. The van der Waals surface area contributed by atoms with Gasteiger partial charge in [0.25, 0.3) is 5.56 Å². The molecular weight excluding hydrogens is 334 g/mol. The van der Waals surface area contributed by atoms with Gasteiger partial charge in [0.15, 0.2) is 0 Å². The van der Waals surface area contributed by atoms with E-state index in [1.165, 1.54) is 5.56 Å². The molecule has 0 unspecified atom stereocenters. The molecular formula is C18H21N5OS. The van der Waals surface area contributed by atoms with Crippen LogP contribution in [0.15, 0.2) is 11.0 Å². The Hall–Kier alpha value is -1.99. The molecule has 2 aliphatic rings. The number of thiophene rings is 1. The predicted molar refractivity (Wildman–Crippen MR) is 99.1 cm³/mol. The number of hydrogen-bond donors (Lipinski definition) is 2. The molecule has 25 heavy (non-hydrogen) atoms. The number of aromatic nitrogens is 4. The van der Waals surface area contributed by atoms with E-state index in [0.29, 0.717) is 0 Å². The average molecular weight is 355 g/mol. The second kappa shape index (κ2) is 5.25. The Balaban J connectivity index is 1.77. The van der Waals surface area contributed by atoms with Gasteiger partial charge in [-0.25, -0.2) is 4.98 Å². The van der Waals surface area contributed by atoms with Crippen LogP contribution in [0.25, 0.3) is 20.7 Å². The lowest BCUT2D eigenvalue weighted by Gasteiger charge is -2.30. The molecule has 0 aromatic carbocycles. The van der Waals surface area contributed by atoms with Crippen molar-refractivity contribution in [2.45, 2.75) is 44.6 Å². The van der Waals surface area contributed by atoms with Crippen LogP contribution in [-0.2, 0) is 18.4 Å². The first-order chi connectivity index (χ1) is 12.1. The Bertz CT molecular complexity index is 1030. The maximum Gasteiger partial charge on any atom is 0.268 e. The minimum atomic E-state index is -0.187. The largest absolute Gasteiger partial charge is 0.308 e. The van der Waals surface area contributed by atoms with E-state index in [9.17, 15) is 4.79 Å². The van der Waals surface area contributed by atoms with Crippen LogP contribution in [0.4, 0.5) is 0 Å². The molecule has 2 N–H and O–H groups in total. The Kier molecular flexibility index (Phi) is 3.21. The van der Waals surface area contributed by atoms with E-state index in [4.69, 9.17) is 4.98 Å². The van der Waals surface area contributed by atoms with Crippen molar-refractivity contribution in [3.8, 4) is 10.4 Å². The molecule has 0 spiro atoms. The summed E-state index contributed by atoms with van der Waals surface area (Å²) >= 11 is 1.56. The van der Waals surface area contributed by atoms with Crippen molar-refractivity contribution >= 4 is 21.6 Å². The third kappa shape index (κ3) is 2.09. The standard InChI is InChI=1S/C18H21N5OS/c1-18(7-4-8-23(18)2)17-20-13-10-5-3-6-12-11(9-19-22-12)14(10)25-15(13)16(24)21-17/h9H,3-8H2,1-2H3,(H,19,22)(H,20,21,24)/t18-/m1/s1. The first kappa shape index (κ1) is 15.3. The molecule has 0 amide bonds. The van der Waals surface area contributed by atoms with Crippen LogP contribution >= 0.6 is 11.3 Å². The van der Waals surface area contributed by atoms with Crippen LogP contribution < -0.4 is 5.56 Å². The molecule has 5 rings (SSSR count). The second-order valence-electron chi connectivity index (χ2n) is 7.40. The number of hydrogen-bond acceptors (Lipinski definition) is 5. The number of aromatic amines is 2. The summed E-state index contributed by atoms with van der Waals surface area (Å²) in [7, 11) is 2.11. The zero-order valence-corrected chi connectivity index (χ0v) is 15.3. The van der Waals surface area contributed by atoms with Crippen molar-refractivity contribution in [1.82, 2.24) is 25.1 Å². The van der Waals surface area contributed by atoms with Gasteiger partial charge in [-0.05, 0) is 58.2 Å². The first-order valence-electron chi connectivity index (χ1n) is 8.88.